The lowest BCUT2D eigenvalue weighted by Gasteiger charge is -2.25. The average Bonchev–Trinajstić information content (AvgIpc) is 3.13. The summed E-state index contributed by atoms with van der Waals surface area (Å²) >= 11 is 0. The second kappa shape index (κ2) is 8.48. The van der Waals surface area contributed by atoms with Crippen molar-refractivity contribution in [2.75, 3.05) is 39.4 Å². The minimum absolute atomic E-state index is 0. The Morgan fingerprint density at radius 3 is 2.55 bits per heavy atom. The Balaban J connectivity index is 0.00000176. The number of hydrogen-bond acceptors (Lipinski definition) is 4. The summed E-state index contributed by atoms with van der Waals surface area (Å²) in [6.07, 6.45) is 4.27. The van der Waals surface area contributed by atoms with Crippen molar-refractivity contribution in [1.29, 1.82) is 0 Å². The van der Waals surface area contributed by atoms with E-state index in [1.807, 2.05) is 11.8 Å². The Kier molecular flexibility index (Phi) is 6.93. The van der Waals surface area contributed by atoms with Gasteiger partial charge in [-0.25, -0.2) is 0 Å². The molecular weight excluding hydrogens is 304 g/mol. The van der Waals surface area contributed by atoms with Crippen LogP contribution in [0.2, 0.25) is 0 Å². The topological polar surface area (TPSA) is 50.8 Å². The first-order chi connectivity index (χ1) is 10.2. The van der Waals surface area contributed by atoms with Gasteiger partial charge in [0, 0.05) is 19.7 Å². The van der Waals surface area contributed by atoms with Gasteiger partial charge in [0.25, 0.3) is 5.91 Å². The first kappa shape index (κ1) is 18.0. The van der Waals surface area contributed by atoms with Crippen LogP contribution in [0.25, 0.3) is 0 Å². The van der Waals surface area contributed by atoms with Crippen LogP contribution < -0.4 is 5.32 Å². The summed E-state index contributed by atoms with van der Waals surface area (Å²) in [6, 6.07) is 0. The number of rotatable bonds is 4. The third-order valence-electron chi connectivity index (χ3n) is 5.23. The van der Waals surface area contributed by atoms with E-state index in [2.05, 4.69) is 5.32 Å². The number of hydrogen-bond donors (Lipinski definition) is 1. The Labute approximate surface area is 139 Å². The van der Waals surface area contributed by atoms with Crippen molar-refractivity contribution in [3.63, 3.8) is 0 Å². The molecule has 22 heavy (non-hydrogen) atoms. The molecule has 0 aromatic heterocycles. The number of fused-ring (bicyclic) bond motifs is 1. The van der Waals surface area contributed by atoms with Gasteiger partial charge in [0.2, 0.25) is 0 Å². The zero-order valence-corrected chi connectivity index (χ0v) is 14.3. The second-order valence-electron chi connectivity index (χ2n) is 6.69. The fourth-order valence-electron chi connectivity index (χ4n) is 3.79. The van der Waals surface area contributed by atoms with Gasteiger partial charge in [0.05, 0.1) is 12.7 Å². The highest BCUT2D eigenvalue weighted by atomic mass is 35.5. The van der Waals surface area contributed by atoms with Crippen LogP contribution in [-0.4, -0.2) is 62.4 Å². The summed E-state index contributed by atoms with van der Waals surface area (Å²) in [4.78, 5) is 14.5. The van der Waals surface area contributed by atoms with Crippen LogP contribution in [-0.2, 0) is 14.3 Å². The van der Waals surface area contributed by atoms with E-state index in [0.717, 1.165) is 70.3 Å². The Morgan fingerprint density at radius 2 is 1.95 bits per heavy atom. The predicted molar refractivity (Wildman–Crippen MR) is 87.3 cm³/mol. The van der Waals surface area contributed by atoms with Crippen LogP contribution in [0.5, 0.6) is 0 Å². The van der Waals surface area contributed by atoms with E-state index in [4.69, 9.17) is 9.47 Å². The summed E-state index contributed by atoms with van der Waals surface area (Å²) in [5, 5.41) is 3.47. The van der Waals surface area contributed by atoms with Crippen molar-refractivity contribution < 1.29 is 14.3 Å². The van der Waals surface area contributed by atoms with Gasteiger partial charge in [-0.3, -0.25) is 4.79 Å². The lowest BCUT2D eigenvalue weighted by molar-refractivity contribution is -0.144. The molecule has 4 atom stereocenters. The second-order valence-corrected chi connectivity index (χ2v) is 6.69. The molecule has 0 spiro atoms. The molecule has 3 fully saturated rings. The summed E-state index contributed by atoms with van der Waals surface area (Å²) in [5.41, 5.74) is 0. The van der Waals surface area contributed by atoms with Crippen molar-refractivity contribution in [2.45, 2.75) is 44.8 Å². The molecule has 0 aliphatic carbocycles. The largest absolute Gasteiger partial charge is 0.376 e. The highest BCUT2D eigenvalue weighted by Crippen LogP contribution is 2.27. The molecular formula is C16H29ClN2O3. The van der Waals surface area contributed by atoms with Gasteiger partial charge in [-0.1, -0.05) is 0 Å². The van der Waals surface area contributed by atoms with Gasteiger partial charge >= 0.3 is 0 Å². The Hall–Kier alpha value is -0.360. The number of halogens is 1. The summed E-state index contributed by atoms with van der Waals surface area (Å²) in [5.74, 6) is 1.66. The van der Waals surface area contributed by atoms with Crippen molar-refractivity contribution >= 4 is 18.3 Å². The standard InChI is InChI=1S/C16H28N2O3.ClH/c1-12(21-11-15-3-2-8-20-15)16(19)18-6-4-13-9-17-10-14(13)5-7-18;/h12-15,17H,2-11H2,1H3;1H/t12?,13-,14+,15?;. The predicted octanol–water partition coefficient (Wildman–Crippen LogP) is 1.45. The molecule has 3 saturated heterocycles. The van der Waals surface area contributed by atoms with E-state index < -0.39 is 0 Å². The third kappa shape index (κ3) is 4.34. The Bertz CT molecular complexity index is 349. The van der Waals surface area contributed by atoms with E-state index in [1.165, 1.54) is 0 Å². The maximum Gasteiger partial charge on any atom is 0.251 e. The number of likely N-dealkylation sites (tertiary alicyclic amines) is 1. The molecule has 3 aliphatic rings. The van der Waals surface area contributed by atoms with E-state index in [9.17, 15) is 4.79 Å². The number of nitrogens with zero attached hydrogens (tertiary/aromatic N) is 1. The molecule has 2 unspecified atom stereocenters. The minimum atomic E-state index is -0.342. The number of carbonyl (C=O) groups excluding carboxylic acids is 1. The van der Waals surface area contributed by atoms with Crippen molar-refractivity contribution in [3.8, 4) is 0 Å². The van der Waals surface area contributed by atoms with Gasteiger partial charge < -0.3 is 19.7 Å². The number of carbonyl (C=O) groups is 1. The summed E-state index contributed by atoms with van der Waals surface area (Å²) < 4.78 is 11.3. The Morgan fingerprint density at radius 1 is 1.27 bits per heavy atom. The van der Waals surface area contributed by atoms with Crippen LogP contribution in [0.3, 0.4) is 0 Å². The number of ether oxygens (including phenoxy) is 2. The van der Waals surface area contributed by atoms with E-state index in [-0.39, 0.29) is 30.5 Å². The van der Waals surface area contributed by atoms with Gasteiger partial charge in [-0.15, -0.1) is 12.4 Å². The van der Waals surface area contributed by atoms with Gasteiger partial charge in [0.1, 0.15) is 6.10 Å². The molecule has 128 valence electrons. The van der Waals surface area contributed by atoms with Crippen LogP contribution in [0.4, 0.5) is 0 Å². The highest BCUT2D eigenvalue weighted by Gasteiger charge is 2.32. The van der Waals surface area contributed by atoms with E-state index in [1.54, 1.807) is 0 Å². The minimum Gasteiger partial charge on any atom is -0.376 e. The molecule has 0 aromatic carbocycles. The maximum absolute atomic E-state index is 12.5. The first-order valence-electron chi connectivity index (χ1n) is 8.46. The number of nitrogens with one attached hydrogen (secondary N) is 1. The fraction of sp³-hybridized carbons (Fsp3) is 0.938. The SMILES string of the molecule is CC(OCC1CCCO1)C(=O)N1CC[C@@H]2CNC[C@@H]2CC1.Cl. The molecule has 0 radical (unpaired) electrons. The van der Waals surface area contributed by atoms with Gasteiger partial charge in [0.15, 0.2) is 0 Å². The van der Waals surface area contributed by atoms with Crippen LogP contribution in [0.15, 0.2) is 0 Å². The average molecular weight is 333 g/mol. The maximum atomic E-state index is 12.5. The smallest absolute Gasteiger partial charge is 0.251 e. The monoisotopic (exact) mass is 332 g/mol. The van der Waals surface area contributed by atoms with Crippen LogP contribution in [0, 0.1) is 11.8 Å². The van der Waals surface area contributed by atoms with E-state index in [0.29, 0.717) is 6.61 Å². The lowest BCUT2D eigenvalue weighted by atomic mass is 9.92. The lowest BCUT2D eigenvalue weighted by Crippen LogP contribution is -2.41. The molecule has 6 heteroatoms. The molecule has 3 heterocycles. The quantitative estimate of drug-likeness (QED) is 0.846. The molecule has 3 aliphatic heterocycles. The molecule has 0 bridgehead atoms. The molecule has 0 saturated carbocycles. The fourth-order valence-corrected chi connectivity index (χ4v) is 3.79. The van der Waals surface area contributed by atoms with Crippen LogP contribution in [0.1, 0.15) is 32.6 Å². The normalized spacial score (nSPS) is 33.0. The zero-order chi connectivity index (χ0) is 14.7. The highest BCUT2D eigenvalue weighted by molar-refractivity contribution is 5.85. The molecule has 3 rings (SSSR count). The molecule has 1 amide bonds. The van der Waals surface area contributed by atoms with Gasteiger partial charge in [-0.2, -0.15) is 0 Å². The van der Waals surface area contributed by atoms with Crippen molar-refractivity contribution in [2.24, 2.45) is 11.8 Å². The zero-order valence-electron chi connectivity index (χ0n) is 13.5. The number of amides is 1. The van der Waals surface area contributed by atoms with Crippen LogP contribution >= 0.6 is 12.4 Å². The van der Waals surface area contributed by atoms with E-state index >= 15 is 0 Å². The molecule has 5 nitrogen and oxygen atoms in total. The summed E-state index contributed by atoms with van der Waals surface area (Å²) in [7, 11) is 0. The third-order valence-corrected chi connectivity index (χ3v) is 5.23. The molecule has 0 aromatic rings. The first-order valence-corrected chi connectivity index (χ1v) is 8.46. The summed E-state index contributed by atoms with van der Waals surface area (Å²) in [6.45, 7) is 7.28. The van der Waals surface area contributed by atoms with Crippen molar-refractivity contribution in [1.82, 2.24) is 10.2 Å². The molecule has 1 N–H and O–H groups in total. The van der Waals surface area contributed by atoms with Gasteiger partial charge in [-0.05, 0) is 57.5 Å². The van der Waals surface area contributed by atoms with Crippen molar-refractivity contribution in [3.05, 3.63) is 0 Å².